The lowest BCUT2D eigenvalue weighted by Gasteiger charge is -2.01. The maximum absolute atomic E-state index is 11.3. The van der Waals surface area contributed by atoms with E-state index in [1.807, 2.05) is 35.0 Å². The number of rotatable bonds is 3. The van der Waals surface area contributed by atoms with Crippen LogP contribution in [0.3, 0.4) is 0 Å². The van der Waals surface area contributed by atoms with Crippen molar-refractivity contribution in [2.75, 3.05) is 0 Å². The second-order valence-electron chi connectivity index (χ2n) is 3.61. The Balaban J connectivity index is 2.25. The summed E-state index contributed by atoms with van der Waals surface area (Å²) in [6.07, 6.45) is 0. The van der Waals surface area contributed by atoms with Crippen molar-refractivity contribution in [2.45, 2.75) is 0 Å². The lowest BCUT2D eigenvalue weighted by Crippen LogP contribution is -1.95. The van der Waals surface area contributed by atoms with Crippen molar-refractivity contribution in [1.82, 2.24) is 0 Å². The van der Waals surface area contributed by atoms with Crippen LogP contribution in [0, 0.1) is 0 Å². The van der Waals surface area contributed by atoms with E-state index in [9.17, 15) is 9.90 Å². The van der Waals surface area contributed by atoms with E-state index in [2.05, 4.69) is 0 Å². The first-order valence-electron chi connectivity index (χ1n) is 5.20. The molecule has 0 saturated heterocycles. The molecule has 18 heavy (non-hydrogen) atoms. The van der Waals surface area contributed by atoms with E-state index in [0.29, 0.717) is 5.56 Å². The highest BCUT2D eigenvalue weighted by molar-refractivity contribution is 7.21. The van der Waals surface area contributed by atoms with Crippen LogP contribution < -0.4 is 0 Å². The largest absolute Gasteiger partial charge is 0.478 e. The quantitative estimate of drug-likeness (QED) is 0.745. The monoisotopic (exact) mass is 292 g/mol. The van der Waals surface area contributed by atoms with Gasteiger partial charge < -0.3 is 5.11 Å². The zero-order valence-corrected chi connectivity index (χ0v) is 11.6. The van der Waals surface area contributed by atoms with Crippen LogP contribution in [0.1, 0.15) is 10.4 Å². The number of hydrogen-bond donors (Lipinski definition) is 1. The van der Waals surface area contributed by atoms with Gasteiger partial charge in [-0.3, -0.25) is 0 Å². The summed E-state index contributed by atoms with van der Waals surface area (Å²) in [6, 6.07) is 7.93. The molecule has 0 aliphatic heterocycles. The predicted octanol–water partition coefficient (Wildman–Crippen LogP) is 4.90. The Labute approximate surface area is 116 Å². The molecule has 5 heteroatoms. The fourth-order valence-electron chi connectivity index (χ4n) is 1.77. The molecule has 0 fully saturated rings. The Morgan fingerprint density at radius 1 is 1.00 bits per heavy atom. The van der Waals surface area contributed by atoms with Crippen LogP contribution in [0.2, 0.25) is 0 Å². The molecule has 1 N–H and O–H groups in total. The first kappa shape index (κ1) is 11.6. The molecule has 0 bridgehead atoms. The summed E-state index contributed by atoms with van der Waals surface area (Å²) in [6.45, 7) is 0. The van der Waals surface area contributed by atoms with Gasteiger partial charge in [0.15, 0.2) is 0 Å². The van der Waals surface area contributed by atoms with Crippen LogP contribution in [0.5, 0.6) is 0 Å². The van der Waals surface area contributed by atoms with Crippen LogP contribution in [0.4, 0.5) is 0 Å². The molecule has 0 aromatic carbocycles. The van der Waals surface area contributed by atoms with Crippen LogP contribution in [-0.4, -0.2) is 11.1 Å². The van der Waals surface area contributed by atoms with Crippen molar-refractivity contribution in [2.24, 2.45) is 0 Å². The molecule has 0 saturated carbocycles. The Morgan fingerprint density at radius 3 is 2.22 bits per heavy atom. The molecule has 0 aliphatic carbocycles. The second-order valence-corrected chi connectivity index (χ2v) is 6.39. The van der Waals surface area contributed by atoms with E-state index in [0.717, 1.165) is 20.2 Å². The van der Waals surface area contributed by atoms with E-state index in [1.54, 1.807) is 28.1 Å². The fraction of sp³-hybridized carbons (Fsp3) is 0. The molecule has 0 spiro atoms. The first-order valence-corrected chi connectivity index (χ1v) is 7.84. The Bertz CT molecular complexity index is 663. The molecular formula is C13H8O2S3. The highest BCUT2D eigenvalue weighted by Gasteiger charge is 2.20. The molecule has 2 nitrogen and oxygen atoms in total. The van der Waals surface area contributed by atoms with Gasteiger partial charge in [0.25, 0.3) is 0 Å². The predicted molar refractivity (Wildman–Crippen MR) is 77.9 cm³/mol. The van der Waals surface area contributed by atoms with Crippen LogP contribution in [0.25, 0.3) is 20.2 Å². The van der Waals surface area contributed by atoms with E-state index >= 15 is 0 Å². The standard InChI is InChI=1S/C13H8O2S3/c14-13(15)8-7-18-12(10-4-2-6-17-10)11(8)9-3-1-5-16-9/h1-7H,(H,14,15). The molecule has 0 aliphatic rings. The van der Waals surface area contributed by atoms with Crippen molar-refractivity contribution in [3.63, 3.8) is 0 Å². The summed E-state index contributed by atoms with van der Waals surface area (Å²) in [5.74, 6) is -0.863. The van der Waals surface area contributed by atoms with Crippen LogP contribution >= 0.6 is 34.0 Å². The van der Waals surface area contributed by atoms with Gasteiger partial charge in [-0.15, -0.1) is 34.0 Å². The smallest absolute Gasteiger partial charge is 0.337 e. The Morgan fingerprint density at radius 2 is 1.67 bits per heavy atom. The van der Waals surface area contributed by atoms with Gasteiger partial charge in [0, 0.05) is 20.7 Å². The van der Waals surface area contributed by atoms with Gasteiger partial charge in [0.05, 0.1) is 10.4 Å². The summed E-state index contributed by atoms with van der Waals surface area (Å²) < 4.78 is 0. The summed E-state index contributed by atoms with van der Waals surface area (Å²) in [7, 11) is 0. The molecule has 0 amide bonds. The summed E-state index contributed by atoms with van der Waals surface area (Å²) in [4.78, 5) is 14.5. The minimum absolute atomic E-state index is 0.394. The molecule has 3 heterocycles. The van der Waals surface area contributed by atoms with Gasteiger partial charge in [-0.1, -0.05) is 12.1 Å². The summed E-state index contributed by atoms with van der Waals surface area (Å²) in [5.41, 5.74) is 1.25. The Kier molecular flexibility index (Phi) is 3.03. The van der Waals surface area contributed by atoms with Crippen LogP contribution in [0.15, 0.2) is 40.4 Å². The number of thiophene rings is 3. The van der Waals surface area contributed by atoms with Crippen molar-refractivity contribution < 1.29 is 9.90 Å². The van der Waals surface area contributed by atoms with E-state index in [-0.39, 0.29) is 0 Å². The third-order valence-corrected chi connectivity index (χ3v) is 5.45. The van der Waals surface area contributed by atoms with E-state index in [1.165, 1.54) is 11.3 Å². The Hall–Kier alpha value is -1.43. The van der Waals surface area contributed by atoms with Crippen LogP contribution in [-0.2, 0) is 0 Å². The first-order chi connectivity index (χ1) is 8.77. The summed E-state index contributed by atoms with van der Waals surface area (Å²) in [5, 5.41) is 15.0. The zero-order valence-electron chi connectivity index (χ0n) is 9.12. The van der Waals surface area contributed by atoms with Crippen molar-refractivity contribution in [3.05, 3.63) is 46.0 Å². The number of hydrogen-bond acceptors (Lipinski definition) is 4. The van der Waals surface area contributed by atoms with Gasteiger partial charge in [-0.2, -0.15) is 0 Å². The number of carboxylic acid groups (broad SMARTS) is 1. The fourth-order valence-corrected chi connectivity index (χ4v) is 4.56. The zero-order chi connectivity index (χ0) is 12.5. The summed E-state index contributed by atoms with van der Waals surface area (Å²) >= 11 is 4.70. The van der Waals surface area contributed by atoms with Gasteiger partial charge in [-0.25, -0.2) is 4.79 Å². The number of carbonyl (C=O) groups is 1. The minimum Gasteiger partial charge on any atom is -0.478 e. The molecule has 3 aromatic heterocycles. The van der Waals surface area contributed by atoms with Gasteiger partial charge >= 0.3 is 5.97 Å². The van der Waals surface area contributed by atoms with Gasteiger partial charge in [-0.05, 0) is 22.9 Å². The lowest BCUT2D eigenvalue weighted by molar-refractivity contribution is 0.0698. The third kappa shape index (κ3) is 1.90. The topological polar surface area (TPSA) is 37.3 Å². The van der Waals surface area contributed by atoms with Crippen molar-refractivity contribution in [3.8, 4) is 20.2 Å². The maximum atomic E-state index is 11.3. The normalized spacial score (nSPS) is 10.7. The molecule has 90 valence electrons. The minimum atomic E-state index is -0.863. The lowest BCUT2D eigenvalue weighted by atomic mass is 10.1. The third-order valence-electron chi connectivity index (χ3n) is 2.53. The van der Waals surface area contributed by atoms with Crippen molar-refractivity contribution in [1.29, 1.82) is 0 Å². The highest BCUT2D eigenvalue weighted by atomic mass is 32.1. The molecular weight excluding hydrogens is 284 g/mol. The molecule has 3 rings (SSSR count). The van der Waals surface area contributed by atoms with E-state index < -0.39 is 5.97 Å². The van der Waals surface area contributed by atoms with Gasteiger partial charge in [0.1, 0.15) is 0 Å². The van der Waals surface area contributed by atoms with Crippen molar-refractivity contribution >= 4 is 40.0 Å². The number of aromatic carboxylic acids is 1. The number of carboxylic acids is 1. The molecule has 0 unspecified atom stereocenters. The van der Waals surface area contributed by atoms with E-state index in [4.69, 9.17) is 0 Å². The average Bonchev–Trinajstić information content (AvgIpc) is 3.10. The molecule has 0 radical (unpaired) electrons. The molecule has 3 aromatic rings. The molecule has 0 atom stereocenters. The average molecular weight is 292 g/mol. The van der Waals surface area contributed by atoms with Gasteiger partial charge in [0.2, 0.25) is 0 Å². The maximum Gasteiger partial charge on any atom is 0.337 e. The highest BCUT2D eigenvalue weighted by Crippen LogP contribution is 2.43. The SMILES string of the molecule is O=C(O)c1csc(-c2cccs2)c1-c1cccs1. The second kappa shape index (κ2) is 4.68.